The summed E-state index contributed by atoms with van der Waals surface area (Å²) in [7, 11) is 1.57. The molecule has 3 aliphatic heterocycles. The van der Waals surface area contributed by atoms with Gasteiger partial charge in [0.1, 0.15) is 47.9 Å². The molecule has 3 aromatic heterocycles. The van der Waals surface area contributed by atoms with E-state index in [4.69, 9.17) is 19.0 Å². The molecule has 18 nitrogen and oxygen atoms in total. The molecule has 0 aliphatic carbocycles. The van der Waals surface area contributed by atoms with E-state index < -0.39 is 40.9 Å². The monoisotopic (exact) mass is 898 g/mol. The molecule has 2 atom stereocenters. The second kappa shape index (κ2) is 18.2. The Morgan fingerprint density at radius 1 is 1.14 bits per heavy atom. The van der Waals surface area contributed by atoms with Crippen LogP contribution in [0.25, 0.3) is 11.2 Å². The van der Waals surface area contributed by atoms with Crippen molar-refractivity contribution < 1.29 is 59.8 Å². The van der Waals surface area contributed by atoms with Crippen LogP contribution in [-0.4, -0.2) is 103 Å². The van der Waals surface area contributed by atoms with E-state index in [0.29, 0.717) is 23.0 Å². The van der Waals surface area contributed by atoms with Crippen LogP contribution in [0, 0.1) is 5.92 Å². The van der Waals surface area contributed by atoms with Crippen LogP contribution in [0.2, 0.25) is 0 Å². The van der Waals surface area contributed by atoms with Crippen molar-refractivity contribution in [2.24, 2.45) is 11.1 Å². The van der Waals surface area contributed by atoms with Crippen molar-refractivity contribution in [3.05, 3.63) is 71.6 Å². The summed E-state index contributed by atoms with van der Waals surface area (Å²) in [5.41, 5.74) is 2.20. The smallest absolute Gasteiger partial charge is 0.414 e. The molecule has 7 rings (SSSR count). The number of nitrogens with zero attached hydrogens (tertiary/aromatic N) is 7. The highest BCUT2D eigenvalue weighted by atomic mass is 79.9. The molecule has 0 spiro atoms. The Balaban J connectivity index is 0.00000567. The fourth-order valence-electron chi connectivity index (χ4n) is 6.36. The van der Waals surface area contributed by atoms with Crippen LogP contribution in [0.3, 0.4) is 0 Å². The third-order valence-electron chi connectivity index (χ3n) is 9.11. The minimum absolute atomic E-state index is 0. The molecule has 0 radical (unpaired) electrons. The number of benzene rings is 1. The third-order valence-corrected chi connectivity index (χ3v) is 11.1. The summed E-state index contributed by atoms with van der Waals surface area (Å²) in [6.45, 7) is 9.92. The van der Waals surface area contributed by atoms with Crippen LogP contribution in [0.15, 0.2) is 65.3 Å². The lowest BCUT2D eigenvalue weighted by atomic mass is 10.0. The predicted octanol–water partition coefficient (Wildman–Crippen LogP) is -0.407. The number of esters is 1. The van der Waals surface area contributed by atoms with Gasteiger partial charge in [-0.3, -0.25) is 24.4 Å². The zero-order valence-corrected chi connectivity index (χ0v) is 35.6. The van der Waals surface area contributed by atoms with E-state index in [1.807, 2.05) is 23.0 Å². The van der Waals surface area contributed by atoms with Gasteiger partial charge < -0.3 is 46.7 Å². The number of carbonyl (C=O) groups is 4. The summed E-state index contributed by atoms with van der Waals surface area (Å²) in [4.78, 5) is 69.6. The minimum Gasteiger partial charge on any atom is -1.00 e. The normalized spacial score (nSPS) is 18.1. The average molecular weight is 900 g/mol. The Bertz CT molecular complexity index is 2240. The number of imidazole rings is 1. The number of thioether (sulfide) groups is 1. The quantitative estimate of drug-likeness (QED) is 0.0485. The van der Waals surface area contributed by atoms with E-state index in [2.05, 4.69) is 40.0 Å². The number of fused-ring (bicyclic) bond motifs is 2. The van der Waals surface area contributed by atoms with Crippen molar-refractivity contribution in [1.82, 2.24) is 34.4 Å². The van der Waals surface area contributed by atoms with E-state index in [1.165, 1.54) is 16.7 Å². The molecular weight excluding hydrogens is 857 g/mol. The molecule has 0 bridgehead atoms. The van der Waals surface area contributed by atoms with Crippen molar-refractivity contribution in [1.29, 1.82) is 0 Å². The van der Waals surface area contributed by atoms with Crippen LogP contribution < -0.4 is 42.2 Å². The van der Waals surface area contributed by atoms with Crippen molar-refractivity contribution in [2.45, 2.75) is 64.4 Å². The highest BCUT2D eigenvalue weighted by Crippen LogP contribution is 2.41. The van der Waals surface area contributed by atoms with Gasteiger partial charge in [0.25, 0.3) is 11.8 Å². The molecule has 58 heavy (non-hydrogen) atoms. The van der Waals surface area contributed by atoms with E-state index in [9.17, 15) is 19.2 Å². The number of rotatable bonds is 14. The van der Waals surface area contributed by atoms with Crippen LogP contribution in [0.1, 0.15) is 39.1 Å². The van der Waals surface area contributed by atoms with Gasteiger partial charge in [-0.15, -0.1) is 16.7 Å². The number of anilines is 1. The number of amides is 3. The zero-order chi connectivity index (χ0) is 40.3. The highest BCUT2D eigenvalue weighted by molar-refractivity contribution is 8.00. The molecule has 3 amide bonds. The molecule has 21 heteroatoms. The zero-order valence-electron chi connectivity index (χ0n) is 32.4. The molecule has 1 aromatic carbocycles. The van der Waals surface area contributed by atoms with Gasteiger partial charge in [0, 0.05) is 41.9 Å². The standard InChI is InChI=1S/C37H42N10O8S2.BrH/c1-6-54-43-26(29-41-35(57-44-29)42-36(51)55-37(2,3)4)31(48)40-27-32(49)47-28(34(50)53-18-21-9-11-24(52-5)12-10-21)23(19-56-33(27)47)17-46-20-45(16-22-14-38-15-22)25-8-7-13-39-30(25)46;/h7-13,20,22,27,33,38H,6,14-19H2,1-5H3,(H-,40,41,42,44,48,51);1H/b43-26-;. The van der Waals surface area contributed by atoms with Gasteiger partial charge in [-0.1, -0.05) is 17.3 Å². The third kappa shape index (κ3) is 9.43. The summed E-state index contributed by atoms with van der Waals surface area (Å²) in [5.74, 6) is -0.560. The summed E-state index contributed by atoms with van der Waals surface area (Å²) in [5, 5.41) is 11.9. The summed E-state index contributed by atoms with van der Waals surface area (Å²) in [6, 6.07) is 10.0. The first-order valence-electron chi connectivity index (χ1n) is 18.3. The van der Waals surface area contributed by atoms with Crippen LogP contribution in [0.5, 0.6) is 5.75 Å². The lowest BCUT2D eigenvalue weighted by Gasteiger charge is -2.49. The van der Waals surface area contributed by atoms with Crippen molar-refractivity contribution in [3.63, 3.8) is 0 Å². The Hall–Kier alpha value is -5.12. The Kier molecular flexibility index (Phi) is 13.3. The molecule has 3 N–H and O–H groups in total. The Morgan fingerprint density at radius 2 is 1.91 bits per heavy atom. The second-order valence-corrected chi connectivity index (χ2v) is 16.3. The lowest BCUT2D eigenvalue weighted by molar-refractivity contribution is -0.665. The van der Waals surface area contributed by atoms with Crippen molar-refractivity contribution in [3.8, 4) is 5.75 Å². The van der Waals surface area contributed by atoms with Gasteiger partial charge in [-0.2, -0.15) is 9.36 Å². The maximum absolute atomic E-state index is 14.1. The summed E-state index contributed by atoms with van der Waals surface area (Å²) in [6.07, 6.45) is 2.98. The number of halogens is 1. The molecule has 2 saturated heterocycles. The Morgan fingerprint density at radius 3 is 2.60 bits per heavy atom. The van der Waals surface area contributed by atoms with Crippen molar-refractivity contribution in [2.75, 3.05) is 37.9 Å². The van der Waals surface area contributed by atoms with Crippen LogP contribution in [0.4, 0.5) is 9.93 Å². The first-order valence-corrected chi connectivity index (χ1v) is 20.1. The number of hydrogen-bond donors (Lipinski definition) is 3. The van der Waals surface area contributed by atoms with E-state index >= 15 is 0 Å². The second-order valence-electron chi connectivity index (χ2n) is 14.4. The number of ether oxygens (including phenoxy) is 3. The summed E-state index contributed by atoms with van der Waals surface area (Å²) < 4.78 is 24.7. The molecule has 2 unspecified atom stereocenters. The topological polar surface area (TPSA) is 204 Å². The molecule has 3 aliphatic rings. The van der Waals surface area contributed by atoms with E-state index in [-0.39, 0.29) is 59.1 Å². The molecule has 2 fully saturated rings. The molecular formula is C37H43BrN10O8S2. The molecule has 6 heterocycles. The van der Waals surface area contributed by atoms with Crippen LogP contribution in [-0.2, 0) is 48.4 Å². The maximum Gasteiger partial charge on any atom is 0.414 e. The lowest BCUT2D eigenvalue weighted by Crippen LogP contribution is -3.00. The van der Waals surface area contributed by atoms with Gasteiger partial charge in [-0.25, -0.2) is 14.2 Å². The van der Waals surface area contributed by atoms with E-state index in [1.54, 1.807) is 65.3 Å². The number of methoxy groups -OCH3 is 1. The number of hydrogen-bond acceptors (Lipinski definition) is 15. The van der Waals surface area contributed by atoms with Gasteiger partial charge in [0.15, 0.2) is 11.8 Å². The minimum atomic E-state index is -1.02. The van der Waals surface area contributed by atoms with Gasteiger partial charge in [0.2, 0.25) is 16.7 Å². The molecule has 4 aromatic rings. The predicted molar refractivity (Wildman–Crippen MR) is 209 cm³/mol. The molecule has 308 valence electrons. The van der Waals surface area contributed by atoms with E-state index in [0.717, 1.165) is 47.9 Å². The highest BCUT2D eigenvalue weighted by Gasteiger charge is 2.55. The van der Waals surface area contributed by atoms with Gasteiger partial charge in [-0.05, 0) is 57.5 Å². The fraction of sp³-hybridized carbons (Fsp3) is 0.432. The number of pyridine rings is 1. The Labute approximate surface area is 352 Å². The first-order chi connectivity index (χ1) is 27.4. The van der Waals surface area contributed by atoms with Crippen LogP contribution >= 0.6 is 23.3 Å². The maximum atomic E-state index is 14.1. The fourth-order valence-corrected chi connectivity index (χ4v) is 8.25. The van der Waals surface area contributed by atoms with Gasteiger partial charge >= 0.3 is 17.7 Å². The largest absolute Gasteiger partial charge is 1.00 e. The number of oxime groups is 1. The number of carbonyl (C=O) groups excluding carboxylic acids is 4. The molecule has 0 saturated carbocycles. The summed E-state index contributed by atoms with van der Waals surface area (Å²) >= 11 is 2.23. The number of nitrogens with one attached hydrogen (secondary N) is 3. The number of aromatic nitrogens is 5. The average Bonchev–Trinajstić information content (AvgIpc) is 3.77. The first kappa shape index (κ1) is 42.5. The van der Waals surface area contributed by atoms with Crippen molar-refractivity contribution >= 4 is 69.2 Å². The SMILES string of the molecule is CCO/N=C(\C(=O)NC1C(=O)N2C(C(=O)OCc3ccc(OC)cc3)=C(C[n+]3cn(CC4CNC4)c4cccnc43)CSC12)c1nsc(NC(=O)OC(C)(C)C)n1.[Br-]. The van der Waals surface area contributed by atoms with Gasteiger partial charge in [0.05, 0.1) is 20.2 Å². The number of β-lactam (4-membered cyclic amide) rings is 1.